The molecule has 2 aliphatic rings. The zero-order chi connectivity index (χ0) is 20.0. The Morgan fingerprint density at radius 1 is 1.24 bits per heavy atom. The van der Waals surface area contributed by atoms with Gasteiger partial charge < -0.3 is 15.5 Å². The maximum absolute atomic E-state index is 13.1. The van der Waals surface area contributed by atoms with E-state index in [0.717, 1.165) is 28.7 Å². The Morgan fingerprint density at radius 3 is 2.90 bits per heavy atom. The van der Waals surface area contributed by atoms with E-state index in [4.69, 9.17) is 0 Å². The van der Waals surface area contributed by atoms with Gasteiger partial charge >= 0.3 is 0 Å². The van der Waals surface area contributed by atoms with Gasteiger partial charge in [-0.25, -0.2) is 9.97 Å². The molecule has 8 heteroatoms. The van der Waals surface area contributed by atoms with Crippen molar-refractivity contribution in [3.05, 3.63) is 41.3 Å². The summed E-state index contributed by atoms with van der Waals surface area (Å²) in [5.41, 5.74) is 3.01. The van der Waals surface area contributed by atoms with E-state index < -0.39 is 0 Å². The molecule has 3 N–H and O–H groups in total. The zero-order valence-electron chi connectivity index (χ0n) is 16.7. The standard InChI is InChI=1S/C21H25N7O/c1-12-3-6-16-15(9-12)19(24-18-10-17(26-27-18)14-4-5-14)25-20(23-16)21(29)28-8-7-22-13(2)11-28/h3,6,9-10,13-14,22H,4-5,7-8,11H2,1-2H3,(H2,23,24,25,26,27). The van der Waals surface area contributed by atoms with Crippen molar-refractivity contribution >= 4 is 28.4 Å². The van der Waals surface area contributed by atoms with Crippen molar-refractivity contribution in [1.82, 2.24) is 30.4 Å². The maximum atomic E-state index is 13.1. The minimum absolute atomic E-state index is 0.135. The summed E-state index contributed by atoms with van der Waals surface area (Å²) >= 11 is 0. The minimum atomic E-state index is -0.135. The molecule has 1 aliphatic carbocycles. The van der Waals surface area contributed by atoms with Crippen LogP contribution in [0.15, 0.2) is 24.3 Å². The summed E-state index contributed by atoms with van der Waals surface area (Å²) in [4.78, 5) is 24.1. The van der Waals surface area contributed by atoms with E-state index in [1.807, 2.05) is 36.1 Å². The SMILES string of the molecule is Cc1ccc2nc(C(=O)N3CCNC(C)C3)nc(Nc3cc(C4CC4)[nH]n3)c2c1. The van der Waals surface area contributed by atoms with Gasteiger partial charge in [-0.2, -0.15) is 5.10 Å². The van der Waals surface area contributed by atoms with Gasteiger partial charge in [0.25, 0.3) is 5.91 Å². The van der Waals surface area contributed by atoms with Crippen molar-refractivity contribution in [2.24, 2.45) is 0 Å². The van der Waals surface area contributed by atoms with Crippen LogP contribution in [0.1, 0.15) is 47.6 Å². The number of anilines is 2. The van der Waals surface area contributed by atoms with Crippen LogP contribution in [0.2, 0.25) is 0 Å². The van der Waals surface area contributed by atoms with E-state index in [2.05, 4.69) is 37.7 Å². The molecule has 0 spiro atoms. The van der Waals surface area contributed by atoms with Crippen LogP contribution in [0, 0.1) is 6.92 Å². The van der Waals surface area contributed by atoms with Crippen molar-refractivity contribution in [2.45, 2.75) is 38.6 Å². The molecule has 29 heavy (non-hydrogen) atoms. The molecule has 1 saturated carbocycles. The summed E-state index contributed by atoms with van der Waals surface area (Å²) in [6.45, 7) is 6.20. The van der Waals surface area contributed by atoms with Gasteiger partial charge in [0.05, 0.1) is 5.52 Å². The number of hydrogen-bond acceptors (Lipinski definition) is 6. The number of aromatic amines is 1. The second-order valence-electron chi connectivity index (χ2n) is 8.13. The Labute approximate surface area is 169 Å². The Kier molecular flexibility index (Phi) is 4.43. The van der Waals surface area contributed by atoms with Crippen LogP contribution in [0.25, 0.3) is 10.9 Å². The lowest BCUT2D eigenvalue weighted by Crippen LogP contribution is -2.51. The summed E-state index contributed by atoms with van der Waals surface area (Å²) in [5.74, 6) is 2.00. The van der Waals surface area contributed by atoms with Crippen molar-refractivity contribution in [3.63, 3.8) is 0 Å². The van der Waals surface area contributed by atoms with E-state index in [-0.39, 0.29) is 17.8 Å². The Bertz CT molecular complexity index is 1070. The molecule has 3 heterocycles. The van der Waals surface area contributed by atoms with Crippen molar-refractivity contribution in [3.8, 4) is 0 Å². The number of fused-ring (bicyclic) bond motifs is 1. The van der Waals surface area contributed by atoms with Gasteiger partial charge in [0.1, 0.15) is 5.82 Å². The van der Waals surface area contributed by atoms with Gasteiger partial charge in [-0.15, -0.1) is 0 Å². The molecule has 1 amide bonds. The number of nitrogens with one attached hydrogen (secondary N) is 3. The van der Waals surface area contributed by atoms with Crippen LogP contribution >= 0.6 is 0 Å². The van der Waals surface area contributed by atoms with E-state index in [1.165, 1.54) is 12.8 Å². The third kappa shape index (κ3) is 3.67. The Balaban J connectivity index is 1.51. The van der Waals surface area contributed by atoms with E-state index in [9.17, 15) is 4.79 Å². The average Bonchev–Trinajstić information content (AvgIpc) is 3.47. The number of nitrogens with zero attached hydrogens (tertiary/aromatic N) is 4. The van der Waals surface area contributed by atoms with Crippen LogP contribution in [0.5, 0.6) is 0 Å². The number of rotatable bonds is 4. The number of aromatic nitrogens is 4. The number of carbonyl (C=O) groups is 1. The summed E-state index contributed by atoms with van der Waals surface area (Å²) in [7, 11) is 0. The summed E-state index contributed by atoms with van der Waals surface area (Å²) in [6, 6.07) is 8.27. The highest BCUT2D eigenvalue weighted by atomic mass is 16.2. The monoisotopic (exact) mass is 391 g/mol. The van der Waals surface area contributed by atoms with Crippen LogP contribution in [-0.2, 0) is 0 Å². The molecule has 3 aromatic rings. The zero-order valence-corrected chi connectivity index (χ0v) is 16.7. The van der Waals surface area contributed by atoms with Crippen molar-refractivity contribution < 1.29 is 4.79 Å². The second kappa shape index (κ2) is 7.11. The Morgan fingerprint density at radius 2 is 2.10 bits per heavy atom. The molecule has 150 valence electrons. The Hall–Kier alpha value is -3.00. The minimum Gasteiger partial charge on any atom is -0.333 e. The molecular formula is C21H25N7O. The first-order valence-corrected chi connectivity index (χ1v) is 10.2. The van der Waals surface area contributed by atoms with E-state index >= 15 is 0 Å². The topological polar surface area (TPSA) is 98.8 Å². The predicted molar refractivity (Wildman–Crippen MR) is 111 cm³/mol. The average molecular weight is 391 g/mol. The number of benzene rings is 1. The van der Waals surface area contributed by atoms with Gasteiger partial charge in [0.15, 0.2) is 5.82 Å². The first kappa shape index (κ1) is 18.1. The number of H-pyrrole nitrogens is 1. The normalized spacial score (nSPS) is 19.5. The molecule has 8 nitrogen and oxygen atoms in total. The highest BCUT2D eigenvalue weighted by molar-refractivity contribution is 5.97. The van der Waals surface area contributed by atoms with Gasteiger partial charge in [-0.05, 0) is 38.8 Å². The summed E-state index contributed by atoms with van der Waals surface area (Å²) in [6.07, 6.45) is 2.41. The van der Waals surface area contributed by atoms with Gasteiger partial charge in [-0.3, -0.25) is 9.89 Å². The number of piperazine rings is 1. The van der Waals surface area contributed by atoms with Crippen molar-refractivity contribution in [1.29, 1.82) is 0 Å². The van der Waals surface area contributed by atoms with Gasteiger partial charge in [-0.1, -0.05) is 11.6 Å². The molecule has 0 bridgehead atoms. The lowest BCUT2D eigenvalue weighted by molar-refractivity contribution is 0.0697. The van der Waals surface area contributed by atoms with Crippen LogP contribution in [0.4, 0.5) is 11.6 Å². The predicted octanol–water partition coefficient (Wildman–Crippen LogP) is 2.72. The molecule has 1 unspecified atom stereocenters. The third-order valence-electron chi connectivity index (χ3n) is 5.56. The highest BCUT2D eigenvalue weighted by Gasteiger charge is 2.27. The lowest BCUT2D eigenvalue weighted by Gasteiger charge is -2.31. The largest absolute Gasteiger partial charge is 0.333 e. The van der Waals surface area contributed by atoms with Gasteiger partial charge in [0, 0.05) is 48.7 Å². The molecule has 2 fully saturated rings. The third-order valence-corrected chi connectivity index (χ3v) is 5.56. The molecule has 1 aromatic carbocycles. The maximum Gasteiger partial charge on any atom is 0.291 e. The van der Waals surface area contributed by atoms with Crippen LogP contribution < -0.4 is 10.6 Å². The number of amides is 1. The van der Waals surface area contributed by atoms with E-state index in [0.29, 0.717) is 30.6 Å². The van der Waals surface area contributed by atoms with E-state index in [1.54, 1.807) is 0 Å². The quantitative estimate of drug-likeness (QED) is 0.632. The van der Waals surface area contributed by atoms with Crippen molar-refractivity contribution in [2.75, 3.05) is 25.0 Å². The van der Waals surface area contributed by atoms with Crippen LogP contribution in [-0.4, -0.2) is 56.6 Å². The molecule has 0 radical (unpaired) electrons. The molecule has 1 saturated heterocycles. The molecular weight excluding hydrogens is 366 g/mol. The fourth-order valence-electron chi connectivity index (χ4n) is 3.82. The first-order valence-electron chi connectivity index (χ1n) is 10.2. The van der Waals surface area contributed by atoms with Gasteiger partial charge in [0.2, 0.25) is 5.82 Å². The lowest BCUT2D eigenvalue weighted by atomic mass is 10.1. The number of aryl methyl sites for hydroxylation is 1. The molecule has 5 rings (SSSR count). The fraction of sp³-hybridized carbons (Fsp3) is 0.429. The first-order chi connectivity index (χ1) is 14.1. The fourth-order valence-corrected chi connectivity index (χ4v) is 3.82. The van der Waals surface area contributed by atoms with Crippen LogP contribution in [0.3, 0.4) is 0 Å². The number of carbonyl (C=O) groups excluding carboxylic acids is 1. The summed E-state index contributed by atoms with van der Waals surface area (Å²) in [5, 5.41) is 15.0. The molecule has 2 aromatic heterocycles. The second-order valence-corrected chi connectivity index (χ2v) is 8.13. The molecule has 1 atom stereocenters. The smallest absolute Gasteiger partial charge is 0.291 e. The number of hydrogen-bond donors (Lipinski definition) is 3. The highest BCUT2D eigenvalue weighted by Crippen LogP contribution is 2.39. The summed E-state index contributed by atoms with van der Waals surface area (Å²) < 4.78 is 0. The molecule has 1 aliphatic heterocycles.